The van der Waals surface area contributed by atoms with Crippen LogP contribution >= 0.6 is 0 Å². The highest BCUT2D eigenvalue weighted by atomic mass is 16.5. The summed E-state index contributed by atoms with van der Waals surface area (Å²) in [5, 5.41) is 12.0. The molecule has 2 heterocycles. The molecular weight excluding hydrogens is 656 g/mol. The van der Waals surface area contributed by atoms with Gasteiger partial charge < -0.3 is 30.2 Å². The van der Waals surface area contributed by atoms with E-state index in [0.717, 1.165) is 30.4 Å². The fourth-order valence-electron chi connectivity index (χ4n) is 5.35. The zero-order valence-corrected chi connectivity index (χ0v) is 30.7. The summed E-state index contributed by atoms with van der Waals surface area (Å²) in [4.78, 5) is 24.6. The third-order valence-electron chi connectivity index (χ3n) is 8.52. The molecule has 11 nitrogen and oxygen atoms in total. The van der Waals surface area contributed by atoms with Crippen molar-refractivity contribution in [3.05, 3.63) is 110 Å². The third-order valence-corrected chi connectivity index (χ3v) is 8.52. The minimum atomic E-state index is -0.306. The number of pyridine rings is 2. The minimum absolute atomic E-state index is 0.0279. The Kier molecular flexibility index (Phi) is 18.3. The largest absolute Gasteiger partial charge is 0.381 e. The van der Waals surface area contributed by atoms with Crippen LogP contribution in [0.5, 0.6) is 0 Å². The van der Waals surface area contributed by atoms with Crippen LogP contribution in [0.3, 0.4) is 0 Å². The SMILES string of the molecule is CC(NCOCCCOCCCNC(=O)NCCCOCCCNC(=O)C(C)[n+]1ccc(-c2ccccc2)cc1)[n+]1ccc(-c2ccccc2)cc1. The van der Waals surface area contributed by atoms with Gasteiger partial charge in [0.2, 0.25) is 12.2 Å². The number of carbonyl (C=O) groups is 2. The number of hydrogen-bond donors (Lipinski definition) is 4. The van der Waals surface area contributed by atoms with Crippen LogP contribution in [0.2, 0.25) is 0 Å². The summed E-state index contributed by atoms with van der Waals surface area (Å²) < 4.78 is 21.0. The molecule has 2 atom stereocenters. The molecule has 4 rings (SSSR count). The van der Waals surface area contributed by atoms with E-state index < -0.39 is 0 Å². The van der Waals surface area contributed by atoms with Gasteiger partial charge in [-0.1, -0.05) is 60.7 Å². The van der Waals surface area contributed by atoms with E-state index in [9.17, 15) is 9.59 Å². The molecule has 0 fully saturated rings. The Hall–Kier alpha value is -4.68. The zero-order valence-electron chi connectivity index (χ0n) is 30.7. The highest BCUT2D eigenvalue weighted by Crippen LogP contribution is 2.18. The Bertz CT molecular complexity index is 1560. The first-order chi connectivity index (χ1) is 25.5. The van der Waals surface area contributed by atoms with Crippen LogP contribution in [-0.2, 0) is 19.0 Å². The Balaban J connectivity index is 0.887. The maximum Gasteiger partial charge on any atom is 0.314 e. The predicted octanol–water partition coefficient (Wildman–Crippen LogP) is 4.95. The van der Waals surface area contributed by atoms with Crippen molar-refractivity contribution in [2.45, 2.75) is 51.7 Å². The first-order valence-electron chi connectivity index (χ1n) is 18.4. The maximum absolute atomic E-state index is 12.6. The number of amides is 3. The number of aromatic nitrogens is 2. The van der Waals surface area contributed by atoms with Gasteiger partial charge in [0.25, 0.3) is 5.91 Å². The van der Waals surface area contributed by atoms with E-state index in [0.29, 0.717) is 65.8 Å². The fraction of sp³-hybridized carbons (Fsp3) is 0.415. The van der Waals surface area contributed by atoms with Gasteiger partial charge in [0.1, 0.15) is 6.73 Å². The highest BCUT2D eigenvalue weighted by Gasteiger charge is 2.21. The van der Waals surface area contributed by atoms with E-state index >= 15 is 0 Å². The summed E-state index contributed by atoms with van der Waals surface area (Å²) >= 11 is 0. The normalized spacial score (nSPS) is 12.2. The number of carbonyl (C=O) groups excluding carboxylic acids is 2. The lowest BCUT2D eigenvalue weighted by molar-refractivity contribution is -0.725. The summed E-state index contributed by atoms with van der Waals surface area (Å²) in [6, 6.07) is 28.3. The molecule has 52 heavy (non-hydrogen) atoms. The number of urea groups is 1. The van der Waals surface area contributed by atoms with Crippen molar-refractivity contribution in [2.24, 2.45) is 0 Å². The van der Waals surface area contributed by atoms with Gasteiger partial charge in [-0.3, -0.25) is 4.79 Å². The first-order valence-corrected chi connectivity index (χ1v) is 18.4. The van der Waals surface area contributed by atoms with E-state index in [2.05, 4.69) is 81.5 Å². The molecule has 11 heteroatoms. The molecule has 2 aromatic carbocycles. The molecule has 4 N–H and O–H groups in total. The molecule has 0 bridgehead atoms. The quantitative estimate of drug-likeness (QED) is 0.0465. The van der Waals surface area contributed by atoms with Crippen LogP contribution in [-0.4, -0.2) is 71.3 Å². The molecule has 0 saturated carbocycles. The number of ether oxygens (including phenoxy) is 3. The average Bonchev–Trinajstić information content (AvgIpc) is 3.19. The Morgan fingerprint density at radius 2 is 0.962 bits per heavy atom. The molecular formula is C41H56N6O5+2. The van der Waals surface area contributed by atoms with Crippen LogP contribution in [0.25, 0.3) is 22.3 Å². The van der Waals surface area contributed by atoms with Crippen molar-refractivity contribution in [2.75, 3.05) is 59.4 Å². The molecule has 0 aliphatic carbocycles. The lowest BCUT2D eigenvalue weighted by atomic mass is 10.1. The summed E-state index contributed by atoms with van der Waals surface area (Å²) in [6.07, 6.45) is 11.1. The van der Waals surface area contributed by atoms with Crippen LogP contribution in [0.4, 0.5) is 4.79 Å². The minimum Gasteiger partial charge on any atom is -0.381 e. The lowest BCUT2D eigenvalue weighted by Gasteiger charge is -2.11. The van der Waals surface area contributed by atoms with Crippen molar-refractivity contribution in [3.63, 3.8) is 0 Å². The van der Waals surface area contributed by atoms with E-state index in [-0.39, 0.29) is 24.1 Å². The van der Waals surface area contributed by atoms with E-state index in [1.807, 2.05) is 72.4 Å². The monoisotopic (exact) mass is 712 g/mol. The molecule has 2 aromatic heterocycles. The Morgan fingerprint density at radius 1 is 0.538 bits per heavy atom. The van der Waals surface area contributed by atoms with Crippen molar-refractivity contribution in [1.82, 2.24) is 21.3 Å². The summed E-state index contributed by atoms with van der Waals surface area (Å²) in [5.74, 6) is -0.0279. The van der Waals surface area contributed by atoms with Gasteiger partial charge in [-0.2, -0.15) is 9.13 Å². The fourth-order valence-corrected chi connectivity index (χ4v) is 5.35. The average molecular weight is 713 g/mol. The van der Waals surface area contributed by atoms with Gasteiger partial charge in [0, 0.05) is 84.2 Å². The second kappa shape index (κ2) is 23.7. The lowest BCUT2D eigenvalue weighted by Crippen LogP contribution is -2.46. The van der Waals surface area contributed by atoms with Crippen LogP contribution in [0.15, 0.2) is 110 Å². The number of rotatable bonds is 24. The van der Waals surface area contributed by atoms with Crippen molar-refractivity contribution in [1.29, 1.82) is 0 Å². The van der Waals surface area contributed by atoms with Crippen molar-refractivity contribution in [3.8, 4) is 22.3 Å². The summed E-state index contributed by atoms with van der Waals surface area (Å²) in [6.45, 7) is 8.98. The van der Waals surface area contributed by atoms with Gasteiger partial charge in [-0.15, -0.1) is 0 Å². The highest BCUT2D eigenvalue weighted by molar-refractivity contribution is 5.78. The molecule has 0 spiro atoms. The first kappa shape index (κ1) is 40.1. The van der Waals surface area contributed by atoms with Crippen molar-refractivity contribution >= 4 is 11.9 Å². The summed E-state index contributed by atoms with van der Waals surface area (Å²) in [5.41, 5.74) is 4.66. The van der Waals surface area contributed by atoms with Crippen molar-refractivity contribution < 1.29 is 32.9 Å². The standard InChI is InChI=1S/C41H54N6O5/c1-34(46-24-17-38(18-25-46)36-13-5-3-6-14-36)40(48)42-21-9-28-50-29-10-22-43-41(49)44-23-11-30-51-31-12-32-52-33-45-35(2)47-26-19-39(20-27-47)37-15-7-4-8-16-37/h3-8,13-20,24-27,34-35,45H,9-12,21-23,28-33H2,1-2H3,(H-2,42,43,44,48,49)/p+2. The molecule has 0 radical (unpaired) electrons. The van der Waals surface area contributed by atoms with Gasteiger partial charge in [0.05, 0.1) is 6.61 Å². The number of nitrogens with one attached hydrogen (secondary N) is 4. The molecule has 2 unspecified atom stereocenters. The van der Waals surface area contributed by atoms with Gasteiger partial charge in [-0.05, 0) is 47.9 Å². The molecule has 278 valence electrons. The van der Waals surface area contributed by atoms with E-state index in [1.54, 1.807) is 0 Å². The molecule has 4 aromatic rings. The Morgan fingerprint density at radius 3 is 1.48 bits per heavy atom. The smallest absolute Gasteiger partial charge is 0.314 e. The summed E-state index contributed by atoms with van der Waals surface area (Å²) in [7, 11) is 0. The predicted molar refractivity (Wildman–Crippen MR) is 202 cm³/mol. The van der Waals surface area contributed by atoms with Crippen LogP contribution < -0.4 is 30.4 Å². The third kappa shape index (κ3) is 14.9. The van der Waals surface area contributed by atoms with Gasteiger partial charge in [0.15, 0.2) is 24.8 Å². The molecule has 0 saturated heterocycles. The maximum atomic E-state index is 12.6. The van der Waals surface area contributed by atoms with E-state index in [4.69, 9.17) is 14.2 Å². The zero-order chi connectivity index (χ0) is 36.6. The molecule has 0 aliphatic rings. The number of nitrogens with zero attached hydrogens (tertiary/aromatic N) is 2. The number of hydrogen-bond acceptors (Lipinski definition) is 6. The van der Waals surface area contributed by atoms with Gasteiger partial charge >= 0.3 is 6.03 Å². The number of benzene rings is 2. The topological polar surface area (TPSA) is 118 Å². The van der Waals surface area contributed by atoms with Crippen LogP contribution in [0.1, 0.15) is 51.7 Å². The van der Waals surface area contributed by atoms with Crippen LogP contribution in [0, 0.1) is 0 Å². The molecule has 0 aliphatic heterocycles. The second-order valence-corrected chi connectivity index (χ2v) is 12.5. The van der Waals surface area contributed by atoms with Gasteiger partial charge in [-0.25, -0.2) is 10.1 Å². The van der Waals surface area contributed by atoms with E-state index in [1.165, 1.54) is 11.1 Å². The second-order valence-electron chi connectivity index (χ2n) is 12.5. The molecule has 3 amide bonds. The Labute approximate surface area is 308 Å².